The maximum absolute atomic E-state index is 9.57. The van der Waals surface area contributed by atoms with Crippen LogP contribution in [0.4, 0.5) is 5.82 Å². The summed E-state index contributed by atoms with van der Waals surface area (Å²) in [5.74, 6) is 2.40. The third-order valence-corrected chi connectivity index (χ3v) is 4.22. The number of nitrogens with one attached hydrogen (secondary N) is 1. The Morgan fingerprint density at radius 1 is 1.44 bits per heavy atom. The molecule has 2 N–H and O–H groups in total. The Labute approximate surface area is 113 Å². The molecular weight excluding hydrogens is 246 g/mol. The van der Waals surface area contributed by atoms with Crippen LogP contribution in [0.15, 0.2) is 11.1 Å². The molecule has 2 atom stereocenters. The van der Waals surface area contributed by atoms with E-state index in [4.69, 9.17) is 0 Å². The van der Waals surface area contributed by atoms with Crippen molar-refractivity contribution in [2.75, 3.05) is 11.9 Å². The van der Waals surface area contributed by atoms with Crippen LogP contribution in [0.3, 0.4) is 0 Å². The molecule has 0 spiro atoms. The van der Waals surface area contributed by atoms with Gasteiger partial charge in [-0.3, -0.25) is 0 Å². The summed E-state index contributed by atoms with van der Waals surface area (Å²) >= 11 is 1.61. The molecule has 5 heteroatoms. The van der Waals surface area contributed by atoms with Gasteiger partial charge in [-0.1, -0.05) is 6.92 Å². The molecule has 0 bridgehead atoms. The Morgan fingerprint density at radius 3 is 2.72 bits per heavy atom. The minimum atomic E-state index is -0.336. The maximum Gasteiger partial charge on any atom is 0.135 e. The lowest BCUT2D eigenvalue weighted by Gasteiger charge is -2.14. The summed E-state index contributed by atoms with van der Waals surface area (Å²) in [6.07, 6.45) is 2.06. The quantitative estimate of drug-likeness (QED) is 0.613. The van der Waals surface area contributed by atoms with E-state index in [-0.39, 0.29) is 11.4 Å². The number of rotatable bonds is 6. The predicted molar refractivity (Wildman–Crippen MR) is 75.2 cm³/mol. The topological polar surface area (TPSA) is 58.0 Å². The van der Waals surface area contributed by atoms with Gasteiger partial charge in [0.15, 0.2) is 0 Å². The first-order chi connectivity index (χ1) is 8.60. The van der Waals surface area contributed by atoms with E-state index in [0.717, 1.165) is 23.2 Å². The van der Waals surface area contributed by atoms with Crippen LogP contribution >= 0.6 is 11.8 Å². The van der Waals surface area contributed by atoms with Crippen molar-refractivity contribution in [1.29, 1.82) is 0 Å². The van der Waals surface area contributed by atoms with Gasteiger partial charge in [0.05, 0.1) is 6.10 Å². The molecule has 1 fully saturated rings. The smallest absolute Gasteiger partial charge is 0.135 e. The molecule has 0 amide bonds. The SMILES string of the molecule is CCNc1cc(SC(C)C(C)O)nc(C2CC2)n1. The van der Waals surface area contributed by atoms with Gasteiger partial charge in [0, 0.05) is 23.8 Å². The largest absolute Gasteiger partial charge is 0.392 e. The Bertz CT molecular complexity index is 407. The molecular formula is C13H21N3OS. The fourth-order valence-electron chi connectivity index (χ4n) is 1.59. The number of nitrogens with zero attached hydrogens (tertiary/aromatic N) is 2. The van der Waals surface area contributed by atoms with Crippen LogP contribution in [0, 0.1) is 0 Å². The monoisotopic (exact) mass is 267 g/mol. The Hall–Kier alpha value is -0.810. The van der Waals surface area contributed by atoms with Gasteiger partial charge in [-0.2, -0.15) is 0 Å². The molecule has 1 saturated carbocycles. The van der Waals surface area contributed by atoms with Gasteiger partial charge in [-0.05, 0) is 26.7 Å². The van der Waals surface area contributed by atoms with E-state index in [2.05, 4.69) is 22.2 Å². The number of hydrogen-bond acceptors (Lipinski definition) is 5. The van der Waals surface area contributed by atoms with Crippen molar-refractivity contribution in [3.8, 4) is 0 Å². The van der Waals surface area contributed by atoms with Crippen LogP contribution in [0.5, 0.6) is 0 Å². The van der Waals surface area contributed by atoms with Gasteiger partial charge in [-0.25, -0.2) is 9.97 Å². The van der Waals surface area contributed by atoms with E-state index in [1.807, 2.05) is 19.9 Å². The highest BCUT2D eigenvalue weighted by Gasteiger charge is 2.27. The molecule has 2 unspecified atom stereocenters. The molecule has 0 saturated heterocycles. The number of hydrogen-bond donors (Lipinski definition) is 2. The van der Waals surface area contributed by atoms with Crippen molar-refractivity contribution in [2.45, 2.75) is 55.9 Å². The first-order valence-electron chi connectivity index (χ1n) is 6.57. The molecule has 0 radical (unpaired) electrons. The van der Waals surface area contributed by atoms with Crippen LogP contribution in [0.1, 0.15) is 45.4 Å². The lowest BCUT2D eigenvalue weighted by atomic mass is 10.3. The van der Waals surface area contributed by atoms with Gasteiger partial charge in [-0.15, -0.1) is 11.8 Å². The van der Waals surface area contributed by atoms with Crippen LogP contribution in [-0.2, 0) is 0 Å². The zero-order valence-electron chi connectivity index (χ0n) is 11.2. The minimum Gasteiger partial charge on any atom is -0.392 e. The highest BCUT2D eigenvalue weighted by atomic mass is 32.2. The summed E-state index contributed by atoms with van der Waals surface area (Å²) in [6.45, 7) is 6.74. The number of aliphatic hydroxyl groups is 1. The van der Waals surface area contributed by atoms with E-state index >= 15 is 0 Å². The molecule has 4 nitrogen and oxygen atoms in total. The molecule has 18 heavy (non-hydrogen) atoms. The fourth-order valence-corrected chi connectivity index (χ4v) is 2.49. The Kier molecular flexibility index (Phi) is 4.45. The summed E-state index contributed by atoms with van der Waals surface area (Å²) in [6, 6.07) is 1.97. The molecule has 100 valence electrons. The van der Waals surface area contributed by atoms with Crippen LogP contribution in [-0.4, -0.2) is 33.0 Å². The number of aliphatic hydroxyl groups excluding tert-OH is 1. The van der Waals surface area contributed by atoms with Gasteiger partial charge in [0.2, 0.25) is 0 Å². The number of anilines is 1. The fraction of sp³-hybridized carbons (Fsp3) is 0.692. The van der Waals surface area contributed by atoms with Crippen LogP contribution < -0.4 is 5.32 Å². The second kappa shape index (κ2) is 5.89. The molecule has 1 aliphatic rings. The molecule has 1 aliphatic carbocycles. The second-order valence-corrected chi connectivity index (χ2v) is 6.22. The predicted octanol–water partition coefficient (Wildman–Crippen LogP) is 2.65. The Morgan fingerprint density at radius 2 is 2.17 bits per heavy atom. The summed E-state index contributed by atoms with van der Waals surface area (Å²) in [5, 5.41) is 13.9. The van der Waals surface area contributed by atoms with E-state index in [1.54, 1.807) is 11.8 Å². The summed E-state index contributed by atoms with van der Waals surface area (Å²) in [4.78, 5) is 9.14. The van der Waals surface area contributed by atoms with Crippen molar-refractivity contribution in [1.82, 2.24) is 9.97 Å². The standard InChI is InChI=1S/C13H21N3OS/c1-4-14-11-7-12(18-9(3)8(2)17)16-13(15-11)10-5-6-10/h7-10,17H,4-6H2,1-3H3,(H,14,15,16). The molecule has 0 aromatic carbocycles. The van der Waals surface area contributed by atoms with Crippen molar-refractivity contribution < 1.29 is 5.11 Å². The lowest BCUT2D eigenvalue weighted by molar-refractivity contribution is 0.196. The normalized spacial score (nSPS) is 18.4. The first-order valence-corrected chi connectivity index (χ1v) is 7.45. The minimum absolute atomic E-state index is 0.140. The highest BCUT2D eigenvalue weighted by Crippen LogP contribution is 2.39. The zero-order chi connectivity index (χ0) is 13.1. The molecule has 1 aromatic heterocycles. The van der Waals surface area contributed by atoms with E-state index in [1.165, 1.54) is 12.8 Å². The van der Waals surface area contributed by atoms with Gasteiger partial charge in [0.25, 0.3) is 0 Å². The van der Waals surface area contributed by atoms with Gasteiger partial charge in [0.1, 0.15) is 16.7 Å². The van der Waals surface area contributed by atoms with E-state index in [9.17, 15) is 5.11 Å². The van der Waals surface area contributed by atoms with Crippen LogP contribution in [0.2, 0.25) is 0 Å². The van der Waals surface area contributed by atoms with E-state index in [0.29, 0.717) is 5.92 Å². The Balaban J connectivity index is 2.17. The maximum atomic E-state index is 9.57. The first kappa shape index (κ1) is 13.6. The van der Waals surface area contributed by atoms with Crippen molar-refractivity contribution >= 4 is 17.6 Å². The number of thioether (sulfide) groups is 1. The summed E-state index contributed by atoms with van der Waals surface area (Å²) < 4.78 is 0. The van der Waals surface area contributed by atoms with Crippen molar-refractivity contribution in [3.63, 3.8) is 0 Å². The zero-order valence-corrected chi connectivity index (χ0v) is 12.0. The molecule has 0 aliphatic heterocycles. The molecule has 1 aromatic rings. The summed E-state index contributed by atoms with van der Waals surface area (Å²) in [7, 11) is 0. The third-order valence-electron chi connectivity index (χ3n) is 3.01. The summed E-state index contributed by atoms with van der Waals surface area (Å²) in [5.41, 5.74) is 0. The van der Waals surface area contributed by atoms with E-state index < -0.39 is 0 Å². The lowest BCUT2D eigenvalue weighted by Crippen LogP contribution is -2.15. The third kappa shape index (κ3) is 3.59. The van der Waals surface area contributed by atoms with Gasteiger partial charge < -0.3 is 10.4 Å². The van der Waals surface area contributed by atoms with Crippen LogP contribution in [0.25, 0.3) is 0 Å². The average Bonchev–Trinajstić information content (AvgIpc) is 3.12. The van der Waals surface area contributed by atoms with Crippen molar-refractivity contribution in [2.24, 2.45) is 0 Å². The average molecular weight is 267 g/mol. The van der Waals surface area contributed by atoms with Crippen molar-refractivity contribution in [3.05, 3.63) is 11.9 Å². The second-order valence-electron chi connectivity index (χ2n) is 4.82. The highest BCUT2D eigenvalue weighted by molar-refractivity contribution is 7.99. The number of aromatic nitrogens is 2. The van der Waals surface area contributed by atoms with Gasteiger partial charge >= 0.3 is 0 Å². The molecule has 1 heterocycles. The molecule has 2 rings (SSSR count).